The van der Waals surface area contributed by atoms with E-state index in [0.29, 0.717) is 24.6 Å². The van der Waals surface area contributed by atoms with E-state index >= 15 is 0 Å². The van der Waals surface area contributed by atoms with E-state index in [4.69, 9.17) is 19.3 Å². The van der Waals surface area contributed by atoms with Crippen LogP contribution in [0.4, 0.5) is 0 Å². The molecule has 6 heteroatoms. The number of benzene rings is 1. The van der Waals surface area contributed by atoms with Gasteiger partial charge in [0.1, 0.15) is 5.75 Å². The second kappa shape index (κ2) is 9.44. The standard InChI is InChI=1S/C15H26N2O4/c1-11(18)9-16-5-6-17-10-12-7-14(20-3)15(21-4)8-13(12)19-2/h7-8,11,16-18H,5-6,9-10H2,1-4H3/t11-/m1/s1. The second-order valence-electron chi connectivity index (χ2n) is 4.75. The lowest BCUT2D eigenvalue weighted by atomic mass is 10.1. The van der Waals surface area contributed by atoms with Crippen LogP contribution in [0, 0.1) is 0 Å². The van der Waals surface area contributed by atoms with Crippen molar-refractivity contribution >= 4 is 0 Å². The smallest absolute Gasteiger partial charge is 0.164 e. The zero-order chi connectivity index (χ0) is 15.7. The quantitative estimate of drug-likeness (QED) is 0.554. The van der Waals surface area contributed by atoms with Crippen LogP contribution in [0.15, 0.2) is 12.1 Å². The van der Waals surface area contributed by atoms with Crippen molar-refractivity contribution in [2.75, 3.05) is 41.0 Å². The van der Waals surface area contributed by atoms with Gasteiger partial charge in [0, 0.05) is 37.8 Å². The predicted octanol–water partition coefficient (Wildman–Crippen LogP) is 0.772. The topological polar surface area (TPSA) is 72.0 Å². The third kappa shape index (κ3) is 5.79. The van der Waals surface area contributed by atoms with Gasteiger partial charge in [-0.1, -0.05) is 0 Å². The van der Waals surface area contributed by atoms with Crippen LogP contribution in [0.2, 0.25) is 0 Å². The van der Waals surface area contributed by atoms with E-state index in [0.717, 1.165) is 24.4 Å². The minimum Gasteiger partial charge on any atom is -0.496 e. The summed E-state index contributed by atoms with van der Waals surface area (Å²) in [6, 6.07) is 3.73. The van der Waals surface area contributed by atoms with Gasteiger partial charge in [-0.3, -0.25) is 0 Å². The van der Waals surface area contributed by atoms with E-state index in [9.17, 15) is 0 Å². The minimum absolute atomic E-state index is 0.323. The van der Waals surface area contributed by atoms with Gasteiger partial charge in [0.05, 0.1) is 27.4 Å². The molecule has 1 atom stereocenters. The van der Waals surface area contributed by atoms with Crippen LogP contribution in [-0.2, 0) is 6.54 Å². The van der Waals surface area contributed by atoms with E-state index in [2.05, 4.69) is 10.6 Å². The molecule has 6 nitrogen and oxygen atoms in total. The van der Waals surface area contributed by atoms with Gasteiger partial charge in [-0.2, -0.15) is 0 Å². The first-order valence-electron chi connectivity index (χ1n) is 7.00. The molecule has 0 heterocycles. The molecule has 0 amide bonds. The third-order valence-electron chi connectivity index (χ3n) is 3.02. The Bertz CT molecular complexity index is 424. The van der Waals surface area contributed by atoms with Crippen molar-refractivity contribution in [1.82, 2.24) is 10.6 Å². The van der Waals surface area contributed by atoms with Gasteiger partial charge in [0.15, 0.2) is 11.5 Å². The fourth-order valence-corrected chi connectivity index (χ4v) is 1.94. The lowest BCUT2D eigenvalue weighted by Gasteiger charge is -2.14. The molecule has 0 radical (unpaired) electrons. The lowest BCUT2D eigenvalue weighted by molar-refractivity contribution is 0.191. The van der Waals surface area contributed by atoms with Crippen molar-refractivity contribution in [1.29, 1.82) is 0 Å². The van der Waals surface area contributed by atoms with E-state index < -0.39 is 0 Å². The van der Waals surface area contributed by atoms with Crippen LogP contribution in [0.3, 0.4) is 0 Å². The van der Waals surface area contributed by atoms with Gasteiger partial charge in [-0.05, 0) is 13.0 Å². The van der Waals surface area contributed by atoms with Gasteiger partial charge in [0.2, 0.25) is 0 Å². The minimum atomic E-state index is -0.323. The molecule has 1 rings (SSSR count). The number of ether oxygens (including phenoxy) is 3. The molecule has 1 aromatic carbocycles. The molecule has 0 saturated heterocycles. The number of aliphatic hydroxyl groups excluding tert-OH is 1. The van der Waals surface area contributed by atoms with Crippen molar-refractivity contribution in [3.63, 3.8) is 0 Å². The predicted molar refractivity (Wildman–Crippen MR) is 82.4 cm³/mol. The molecule has 3 N–H and O–H groups in total. The van der Waals surface area contributed by atoms with Gasteiger partial charge in [0.25, 0.3) is 0 Å². The molecule has 0 unspecified atom stereocenters. The number of hydrogen-bond acceptors (Lipinski definition) is 6. The summed E-state index contributed by atoms with van der Waals surface area (Å²) in [5, 5.41) is 15.6. The monoisotopic (exact) mass is 298 g/mol. The van der Waals surface area contributed by atoms with Crippen LogP contribution in [0.25, 0.3) is 0 Å². The first-order chi connectivity index (χ1) is 10.1. The highest BCUT2D eigenvalue weighted by molar-refractivity contribution is 5.50. The Morgan fingerprint density at radius 1 is 0.952 bits per heavy atom. The highest BCUT2D eigenvalue weighted by Gasteiger charge is 2.11. The summed E-state index contributed by atoms with van der Waals surface area (Å²) in [6.45, 7) is 4.61. The molecule has 1 aromatic rings. The van der Waals surface area contributed by atoms with Crippen molar-refractivity contribution in [2.24, 2.45) is 0 Å². The molecule has 0 aliphatic rings. The Balaban J connectivity index is 2.53. The number of aliphatic hydroxyl groups is 1. The van der Waals surface area contributed by atoms with E-state index in [1.165, 1.54) is 0 Å². The van der Waals surface area contributed by atoms with Crippen LogP contribution < -0.4 is 24.8 Å². The summed E-state index contributed by atoms with van der Waals surface area (Å²) in [5.74, 6) is 2.09. The van der Waals surface area contributed by atoms with Crippen molar-refractivity contribution < 1.29 is 19.3 Å². The first-order valence-corrected chi connectivity index (χ1v) is 7.00. The van der Waals surface area contributed by atoms with Crippen LogP contribution in [-0.4, -0.2) is 52.2 Å². The zero-order valence-electron chi connectivity index (χ0n) is 13.2. The van der Waals surface area contributed by atoms with Crippen molar-refractivity contribution in [3.8, 4) is 17.2 Å². The fraction of sp³-hybridized carbons (Fsp3) is 0.600. The molecular weight excluding hydrogens is 272 g/mol. The molecule has 0 fully saturated rings. The average molecular weight is 298 g/mol. The molecule has 0 aliphatic carbocycles. The molecule has 0 saturated carbocycles. The van der Waals surface area contributed by atoms with Crippen LogP contribution >= 0.6 is 0 Å². The largest absolute Gasteiger partial charge is 0.496 e. The third-order valence-corrected chi connectivity index (χ3v) is 3.02. The number of methoxy groups -OCH3 is 3. The van der Waals surface area contributed by atoms with E-state index in [1.54, 1.807) is 28.3 Å². The van der Waals surface area contributed by atoms with Crippen molar-refractivity contribution in [3.05, 3.63) is 17.7 Å². The molecule has 0 aliphatic heterocycles. The Morgan fingerprint density at radius 2 is 1.52 bits per heavy atom. The van der Waals surface area contributed by atoms with Gasteiger partial charge in [-0.15, -0.1) is 0 Å². The second-order valence-corrected chi connectivity index (χ2v) is 4.75. The maximum atomic E-state index is 9.14. The summed E-state index contributed by atoms with van der Waals surface area (Å²) in [7, 11) is 4.85. The Hall–Kier alpha value is -1.50. The van der Waals surface area contributed by atoms with Gasteiger partial charge >= 0.3 is 0 Å². The highest BCUT2D eigenvalue weighted by Crippen LogP contribution is 2.34. The molecule has 0 spiro atoms. The summed E-state index contributed by atoms with van der Waals surface area (Å²) >= 11 is 0. The summed E-state index contributed by atoms with van der Waals surface area (Å²) in [6.07, 6.45) is -0.323. The summed E-state index contributed by atoms with van der Waals surface area (Å²) in [4.78, 5) is 0. The summed E-state index contributed by atoms with van der Waals surface area (Å²) in [5.41, 5.74) is 1.01. The number of rotatable bonds is 10. The fourth-order valence-electron chi connectivity index (χ4n) is 1.94. The average Bonchev–Trinajstić information content (AvgIpc) is 2.49. The SMILES string of the molecule is COc1cc(OC)c(OC)cc1CNCCNC[C@@H](C)O. The van der Waals surface area contributed by atoms with Crippen LogP contribution in [0.5, 0.6) is 17.2 Å². The Morgan fingerprint density at radius 3 is 2.10 bits per heavy atom. The van der Waals surface area contributed by atoms with E-state index in [1.807, 2.05) is 12.1 Å². The zero-order valence-corrected chi connectivity index (χ0v) is 13.2. The van der Waals surface area contributed by atoms with E-state index in [-0.39, 0.29) is 6.10 Å². The Kier molecular flexibility index (Phi) is 7.89. The maximum Gasteiger partial charge on any atom is 0.164 e. The first kappa shape index (κ1) is 17.6. The lowest BCUT2D eigenvalue weighted by Crippen LogP contribution is -2.31. The number of hydrogen-bond donors (Lipinski definition) is 3. The number of nitrogens with one attached hydrogen (secondary N) is 2. The molecule has 0 bridgehead atoms. The molecule has 120 valence electrons. The van der Waals surface area contributed by atoms with Crippen molar-refractivity contribution in [2.45, 2.75) is 19.6 Å². The molecule has 21 heavy (non-hydrogen) atoms. The maximum absolute atomic E-state index is 9.14. The molecular formula is C15H26N2O4. The Labute approximate surface area is 126 Å². The highest BCUT2D eigenvalue weighted by atomic mass is 16.5. The van der Waals surface area contributed by atoms with Gasteiger partial charge in [-0.25, -0.2) is 0 Å². The summed E-state index contributed by atoms with van der Waals surface area (Å²) < 4.78 is 15.9. The van der Waals surface area contributed by atoms with Gasteiger partial charge < -0.3 is 30.0 Å². The van der Waals surface area contributed by atoms with Crippen LogP contribution in [0.1, 0.15) is 12.5 Å². The normalized spacial score (nSPS) is 12.0. The molecule has 0 aromatic heterocycles.